The Hall–Kier alpha value is -3.45. The van der Waals surface area contributed by atoms with E-state index >= 15 is 0 Å². The molecule has 0 saturated carbocycles. The van der Waals surface area contributed by atoms with Crippen molar-refractivity contribution in [3.63, 3.8) is 0 Å². The lowest BCUT2D eigenvalue weighted by Gasteiger charge is -2.25. The zero-order chi connectivity index (χ0) is 22.0. The second-order valence-electron chi connectivity index (χ2n) is 7.23. The molecule has 160 valence electrons. The fourth-order valence-corrected chi connectivity index (χ4v) is 3.88. The van der Waals surface area contributed by atoms with Crippen LogP contribution < -0.4 is 10.2 Å². The summed E-state index contributed by atoms with van der Waals surface area (Å²) in [7, 11) is 1.59. The van der Waals surface area contributed by atoms with Gasteiger partial charge in [0.15, 0.2) is 5.43 Å². The summed E-state index contributed by atoms with van der Waals surface area (Å²) in [6.45, 7) is 4.80. The van der Waals surface area contributed by atoms with E-state index in [1.165, 1.54) is 12.1 Å². The molecule has 31 heavy (non-hydrogen) atoms. The molecule has 4 rings (SSSR count). The third kappa shape index (κ3) is 3.84. The molecule has 1 aliphatic rings. The van der Waals surface area contributed by atoms with Gasteiger partial charge in [-0.3, -0.25) is 9.59 Å². The highest BCUT2D eigenvalue weighted by Gasteiger charge is 2.42. The molecule has 0 bridgehead atoms. The molecular weight excluding hydrogens is 401 g/mol. The van der Waals surface area contributed by atoms with Gasteiger partial charge in [0.25, 0.3) is 5.91 Å². The first-order valence-electron chi connectivity index (χ1n) is 9.95. The second kappa shape index (κ2) is 8.73. The van der Waals surface area contributed by atoms with Crippen molar-refractivity contribution in [2.45, 2.75) is 12.5 Å². The van der Waals surface area contributed by atoms with E-state index in [2.05, 4.69) is 6.58 Å². The van der Waals surface area contributed by atoms with Crippen molar-refractivity contribution < 1.29 is 23.1 Å². The molecule has 7 heteroatoms. The van der Waals surface area contributed by atoms with E-state index in [-0.39, 0.29) is 28.2 Å². The number of amides is 1. The number of carbonyl (C=O) groups excluding carboxylic acids is 1. The molecule has 6 nitrogen and oxygen atoms in total. The highest BCUT2D eigenvalue weighted by Crippen LogP contribution is 2.39. The Kier molecular flexibility index (Phi) is 5.86. The summed E-state index contributed by atoms with van der Waals surface area (Å²) in [4.78, 5) is 28.2. The molecule has 3 aromatic rings. The van der Waals surface area contributed by atoms with Crippen LogP contribution in [0.2, 0.25) is 0 Å². The summed E-state index contributed by atoms with van der Waals surface area (Å²) in [5.74, 6) is -0.343. The van der Waals surface area contributed by atoms with Gasteiger partial charge in [0.05, 0.1) is 17.0 Å². The topological polar surface area (TPSA) is 69.0 Å². The maximum Gasteiger partial charge on any atom is 0.290 e. The largest absolute Gasteiger partial charge is 0.490 e. The number of ether oxygens (including phenoxy) is 2. The molecule has 0 aliphatic carbocycles. The van der Waals surface area contributed by atoms with Crippen LogP contribution in [0.4, 0.5) is 4.39 Å². The first kappa shape index (κ1) is 20.8. The summed E-state index contributed by atoms with van der Waals surface area (Å²) < 4.78 is 30.4. The molecule has 1 unspecified atom stereocenters. The van der Waals surface area contributed by atoms with E-state index < -0.39 is 17.3 Å². The summed E-state index contributed by atoms with van der Waals surface area (Å²) in [5, 5.41) is 0.106. The van der Waals surface area contributed by atoms with Crippen molar-refractivity contribution in [1.82, 2.24) is 4.90 Å². The zero-order valence-electron chi connectivity index (χ0n) is 17.1. The molecule has 1 atom stereocenters. The lowest BCUT2D eigenvalue weighted by atomic mass is 9.98. The lowest BCUT2D eigenvalue weighted by molar-refractivity contribution is 0.0707. The van der Waals surface area contributed by atoms with Gasteiger partial charge in [-0.15, -0.1) is 0 Å². The van der Waals surface area contributed by atoms with Gasteiger partial charge in [-0.05, 0) is 42.3 Å². The van der Waals surface area contributed by atoms with Crippen molar-refractivity contribution in [3.8, 4) is 5.75 Å². The van der Waals surface area contributed by atoms with E-state index in [1.54, 1.807) is 36.3 Å². The van der Waals surface area contributed by atoms with Gasteiger partial charge in [-0.2, -0.15) is 0 Å². The van der Waals surface area contributed by atoms with Crippen LogP contribution in [-0.4, -0.2) is 37.7 Å². The molecular formula is C24H22FNO5. The Balaban J connectivity index is 1.88. The SMILES string of the molecule is C=CCOc1cccc(C2c3c(oc4ccc(F)cc4c3=O)C(=O)N2CCCOC)c1. The number of hydrogen-bond acceptors (Lipinski definition) is 5. The van der Waals surface area contributed by atoms with E-state index in [1.807, 2.05) is 6.07 Å². The number of rotatable bonds is 8. The smallest absolute Gasteiger partial charge is 0.290 e. The number of fused-ring (bicyclic) bond motifs is 2. The Bertz CT molecular complexity index is 1200. The summed E-state index contributed by atoms with van der Waals surface area (Å²) in [6.07, 6.45) is 2.22. The predicted octanol–water partition coefficient (Wildman–Crippen LogP) is 4.08. The summed E-state index contributed by atoms with van der Waals surface area (Å²) in [6, 6.07) is 10.2. The van der Waals surface area contributed by atoms with E-state index in [0.717, 1.165) is 6.07 Å². The Morgan fingerprint density at radius 1 is 1.23 bits per heavy atom. The van der Waals surface area contributed by atoms with Crippen LogP contribution in [0.1, 0.15) is 34.1 Å². The molecule has 2 aromatic carbocycles. The molecule has 0 fully saturated rings. The van der Waals surface area contributed by atoms with Crippen LogP contribution in [0.3, 0.4) is 0 Å². The van der Waals surface area contributed by atoms with Crippen LogP contribution >= 0.6 is 0 Å². The van der Waals surface area contributed by atoms with E-state index in [0.29, 0.717) is 37.5 Å². The van der Waals surface area contributed by atoms with Crippen molar-refractivity contribution in [3.05, 3.63) is 88.0 Å². The number of methoxy groups -OCH3 is 1. The van der Waals surface area contributed by atoms with Crippen LogP contribution in [-0.2, 0) is 4.74 Å². The van der Waals surface area contributed by atoms with E-state index in [4.69, 9.17) is 13.9 Å². The third-order valence-corrected chi connectivity index (χ3v) is 5.22. The maximum absolute atomic E-state index is 13.8. The van der Waals surface area contributed by atoms with Crippen molar-refractivity contribution >= 4 is 16.9 Å². The van der Waals surface area contributed by atoms with Gasteiger partial charge in [0.2, 0.25) is 5.76 Å². The predicted molar refractivity (Wildman–Crippen MR) is 114 cm³/mol. The average Bonchev–Trinajstić information content (AvgIpc) is 3.05. The number of halogens is 1. The average molecular weight is 423 g/mol. The maximum atomic E-state index is 13.8. The molecule has 0 radical (unpaired) electrons. The van der Waals surface area contributed by atoms with Gasteiger partial charge in [0.1, 0.15) is 23.8 Å². The first-order valence-corrected chi connectivity index (χ1v) is 9.95. The van der Waals surface area contributed by atoms with Crippen molar-refractivity contribution in [2.75, 3.05) is 26.9 Å². The standard InChI is InChI=1S/C24H22FNO5/c1-3-11-30-17-7-4-6-15(13-17)21-20-22(27)18-14-16(25)8-9-19(18)31-23(20)24(28)26(21)10-5-12-29-2/h3-4,6-9,13-14,21H,1,5,10-12H2,2H3. The molecule has 1 amide bonds. The van der Waals surface area contributed by atoms with Gasteiger partial charge >= 0.3 is 0 Å². The zero-order valence-corrected chi connectivity index (χ0v) is 17.1. The minimum atomic E-state index is -0.671. The summed E-state index contributed by atoms with van der Waals surface area (Å²) >= 11 is 0. The highest BCUT2D eigenvalue weighted by molar-refractivity contribution is 5.99. The number of hydrogen-bond donors (Lipinski definition) is 0. The fourth-order valence-electron chi connectivity index (χ4n) is 3.88. The second-order valence-corrected chi connectivity index (χ2v) is 7.23. The monoisotopic (exact) mass is 423 g/mol. The van der Waals surface area contributed by atoms with Crippen LogP contribution in [0, 0.1) is 5.82 Å². The lowest BCUT2D eigenvalue weighted by Crippen LogP contribution is -2.31. The van der Waals surface area contributed by atoms with Gasteiger partial charge in [-0.25, -0.2) is 4.39 Å². The molecule has 1 aromatic heterocycles. The number of carbonyl (C=O) groups is 1. The van der Waals surface area contributed by atoms with Gasteiger partial charge in [-0.1, -0.05) is 24.8 Å². The van der Waals surface area contributed by atoms with Gasteiger partial charge < -0.3 is 18.8 Å². The quantitative estimate of drug-likeness (QED) is 0.403. The Morgan fingerprint density at radius 2 is 2.06 bits per heavy atom. The number of nitrogens with zero attached hydrogens (tertiary/aromatic N) is 1. The Morgan fingerprint density at radius 3 is 2.84 bits per heavy atom. The molecule has 0 saturated heterocycles. The molecule has 2 heterocycles. The third-order valence-electron chi connectivity index (χ3n) is 5.22. The van der Waals surface area contributed by atoms with Crippen molar-refractivity contribution in [2.24, 2.45) is 0 Å². The molecule has 0 spiro atoms. The molecule has 1 aliphatic heterocycles. The van der Waals surface area contributed by atoms with E-state index in [9.17, 15) is 14.0 Å². The fraction of sp³-hybridized carbons (Fsp3) is 0.250. The van der Waals surface area contributed by atoms with Crippen LogP contribution in [0.15, 0.2) is 64.3 Å². The first-order chi connectivity index (χ1) is 15.0. The normalized spacial score (nSPS) is 15.4. The van der Waals surface area contributed by atoms with Crippen LogP contribution in [0.5, 0.6) is 5.75 Å². The minimum absolute atomic E-state index is 0.0102. The van der Waals surface area contributed by atoms with Gasteiger partial charge in [0, 0.05) is 20.3 Å². The Labute approximate surface area is 178 Å². The minimum Gasteiger partial charge on any atom is -0.490 e. The highest BCUT2D eigenvalue weighted by atomic mass is 19.1. The van der Waals surface area contributed by atoms with Crippen molar-refractivity contribution in [1.29, 1.82) is 0 Å². The molecule has 0 N–H and O–H groups in total. The van der Waals surface area contributed by atoms with Crippen LogP contribution in [0.25, 0.3) is 11.0 Å². The summed E-state index contributed by atoms with van der Waals surface area (Å²) in [5.41, 5.74) is 0.676. The number of benzene rings is 2.